The number of halogens is 1. The molecule has 1 aromatic rings. The van der Waals surface area contributed by atoms with Crippen LogP contribution in [0.4, 0.5) is 0 Å². The first-order chi connectivity index (χ1) is 12.8. The van der Waals surface area contributed by atoms with Crippen LogP contribution in [0, 0.1) is 29.4 Å². The van der Waals surface area contributed by atoms with Crippen LogP contribution < -0.4 is 14.8 Å². The van der Waals surface area contributed by atoms with Gasteiger partial charge in [-0.05, 0) is 65.6 Å². The van der Waals surface area contributed by atoms with Crippen LogP contribution >= 0.6 is 22.6 Å². The Kier molecular flexibility index (Phi) is 18.7. The average molecular weight is 523 g/mol. The molecule has 3 rings (SSSR count). The fourth-order valence-electron chi connectivity index (χ4n) is 2.45. The van der Waals surface area contributed by atoms with Crippen molar-refractivity contribution in [2.45, 2.75) is 19.4 Å². The molecule has 0 fully saturated rings. The monoisotopic (exact) mass is 523 g/mol. The predicted octanol–water partition coefficient (Wildman–Crippen LogP) is 3.52. The fourth-order valence-corrected chi connectivity index (χ4v) is 3.08. The number of ether oxygens (including phenoxy) is 2. The Labute approximate surface area is 183 Å². The van der Waals surface area contributed by atoms with Crippen molar-refractivity contribution in [1.82, 2.24) is 5.32 Å². The standard InChI is InChI=1S/C16H18INO2.3CO.Fe/c17-14-9-16-15(19-11-20-16)8-13(14)10-18-7-6-12-4-2-1-3-5-12;3*1-2;/h1-4,8-9,12,18H,5-7,10-11H2;;;;. The molecule has 2 aliphatic rings. The van der Waals surface area contributed by atoms with Gasteiger partial charge in [-0.2, -0.15) is 0 Å². The molecule has 1 heterocycles. The van der Waals surface area contributed by atoms with E-state index in [0.717, 1.165) is 24.6 Å². The molecule has 1 N–H and O–H groups in total. The molecule has 144 valence electrons. The molecule has 0 aromatic heterocycles. The zero-order valence-electron chi connectivity index (χ0n) is 14.3. The molecule has 0 bridgehead atoms. The molecule has 1 aromatic carbocycles. The first kappa shape index (κ1) is 27.9. The SMILES string of the molecule is Ic1cc2c(cc1CNCCC1C=CC=CC1)OCO2.[C-]#[O+].[C-]#[O+].[C-]#[O+].[Fe]. The van der Waals surface area contributed by atoms with Gasteiger partial charge in [-0.15, -0.1) is 0 Å². The van der Waals surface area contributed by atoms with Crippen LogP contribution in [0.3, 0.4) is 0 Å². The molecule has 0 amide bonds. The van der Waals surface area contributed by atoms with Gasteiger partial charge >= 0.3 is 33.9 Å². The Morgan fingerprint density at radius 1 is 1.04 bits per heavy atom. The largest absolute Gasteiger partial charge is 0 e. The molecule has 0 spiro atoms. The number of rotatable bonds is 5. The van der Waals surface area contributed by atoms with Crippen LogP contribution in [0.5, 0.6) is 11.5 Å². The number of fused-ring (bicyclic) bond motifs is 1. The van der Waals surface area contributed by atoms with E-state index in [1.54, 1.807) is 0 Å². The average Bonchev–Trinajstić information content (AvgIpc) is 3.18. The van der Waals surface area contributed by atoms with Crippen LogP contribution in [-0.2, 0) is 37.6 Å². The molecule has 0 radical (unpaired) electrons. The molecular formula is C19H18FeINO5. The molecule has 1 atom stereocenters. The van der Waals surface area contributed by atoms with Crippen molar-refractivity contribution in [1.29, 1.82) is 0 Å². The number of benzene rings is 1. The summed E-state index contributed by atoms with van der Waals surface area (Å²) in [5.41, 5.74) is 1.27. The van der Waals surface area contributed by atoms with Gasteiger partial charge in [-0.1, -0.05) is 24.3 Å². The normalized spacial score (nSPS) is 14.7. The minimum Gasteiger partial charge on any atom is 0 e. The van der Waals surface area contributed by atoms with Crippen molar-refractivity contribution in [3.05, 3.63) is 65.5 Å². The summed E-state index contributed by atoms with van der Waals surface area (Å²) in [5.74, 6) is 2.41. The second-order valence-electron chi connectivity index (χ2n) is 5.07. The van der Waals surface area contributed by atoms with Crippen molar-refractivity contribution in [2.75, 3.05) is 13.3 Å². The first-order valence-corrected chi connectivity index (χ1v) is 8.64. The third-order valence-electron chi connectivity index (χ3n) is 3.62. The molecular weight excluding hydrogens is 505 g/mol. The summed E-state index contributed by atoms with van der Waals surface area (Å²) in [7, 11) is 0. The third kappa shape index (κ3) is 10.0. The van der Waals surface area contributed by atoms with Gasteiger partial charge in [0, 0.05) is 27.2 Å². The summed E-state index contributed by atoms with van der Waals surface area (Å²) < 4.78 is 34.5. The van der Waals surface area contributed by atoms with Crippen LogP contribution in [0.15, 0.2) is 36.4 Å². The Morgan fingerprint density at radius 3 is 2.26 bits per heavy atom. The van der Waals surface area contributed by atoms with E-state index in [1.807, 2.05) is 0 Å². The maximum Gasteiger partial charge on any atom is 0 e. The van der Waals surface area contributed by atoms with Crippen LogP contribution in [-0.4, -0.2) is 13.3 Å². The minimum atomic E-state index is 0. The Bertz CT molecular complexity index is 656. The third-order valence-corrected chi connectivity index (χ3v) is 4.62. The van der Waals surface area contributed by atoms with Gasteiger partial charge in [0.1, 0.15) is 0 Å². The zero-order valence-corrected chi connectivity index (χ0v) is 17.6. The van der Waals surface area contributed by atoms with Gasteiger partial charge < -0.3 is 14.8 Å². The summed E-state index contributed by atoms with van der Waals surface area (Å²) in [4.78, 5) is 0. The van der Waals surface area contributed by atoms with Gasteiger partial charge in [-0.25, -0.2) is 0 Å². The second-order valence-corrected chi connectivity index (χ2v) is 6.23. The van der Waals surface area contributed by atoms with Gasteiger partial charge in [0.25, 0.3) is 0 Å². The van der Waals surface area contributed by atoms with Crippen molar-refractivity contribution in [3.63, 3.8) is 0 Å². The van der Waals surface area contributed by atoms with E-state index in [-0.39, 0.29) is 17.1 Å². The number of allylic oxidation sites excluding steroid dienone is 4. The molecule has 1 unspecified atom stereocenters. The van der Waals surface area contributed by atoms with E-state index < -0.39 is 0 Å². The topological polar surface area (TPSA) is 90.2 Å². The number of nitrogens with one attached hydrogen (secondary N) is 1. The minimum absolute atomic E-state index is 0. The van der Waals surface area contributed by atoms with E-state index in [4.69, 9.17) is 23.4 Å². The van der Waals surface area contributed by atoms with E-state index >= 15 is 0 Å². The van der Waals surface area contributed by atoms with Crippen molar-refractivity contribution in [3.8, 4) is 11.5 Å². The Morgan fingerprint density at radius 2 is 1.67 bits per heavy atom. The molecule has 1 aliphatic heterocycles. The second kappa shape index (κ2) is 18.1. The van der Waals surface area contributed by atoms with Crippen LogP contribution in [0.25, 0.3) is 0 Å². The zero-order chi connectivity index (χ0) is 19.8. The quantitative estimate of drug-likeness (QED) is 0.211. The molecule has 27 heavy (non-hydrogen) atoms. The summed E-state index contributed by atoms with van der Waals surface area (Å²) in [5, 5.41) is 3.52. The van der Waals surface area contributed by atoms with Crippen LogP contribution in [0.2, 0.25) is 0 Å². The number of hydrogen-bond donors (Lipinski definition) is 1. The van der Waals surface area contributed by atoms with Gasteiger partial charge in [0.15, 0.2) is 11.5 Å². The van der Waals surface area contributed by atoms with Crippen molar-refractivity contribution < 1.29 is 40.5 Å². The Hall–Kier alpha value is -1.27. The van der Waals surface area contributed by atoms with E-state index in [9.17, 15) is 0 Å². The van der Waals surface area contributed by atoms with Crippen molar-refractivity contribution >= 4 is 22.6 Å². The van der Waals surface area contributed by atoms with E-state index in [2.05, 4.69) is 84.3 Å². The summed E-state index contributed by atoms with van der Waals surface area (Å²) >= 11 is 2.35. The first-order valence-electron chi connectivity index (χ1n) is 7.56. The predicted molar refractivity (Wildman–Crippen MR) is 99.8 cm³/mol. The maximum absolute atomic E-state index is 7.50. The summed E-state index contributed by atoms with van der Waals surface area (Å²) in [6.45, 7) is 15.7. The van der Waals surface area contributed by atoms with Crippen LogP contribution in [0.1, 0.15) is 18.4 Å². The van der Waals surface area contributed by atoms with E-state index in [0.29, 0.717) is 12.7 Å². The van der Waals surface area contributed by atoms with Crippen molar-refractivity contribution in [2.24, 2.45) is 5.92 Å². The molecule has 8 heteroatoms. The molecule has 1 aliphatic carbocycles. The molecule has 6 nitrogen and oxygen atoms in total. The van der Waals surface area contributed by atoms with Gasteiger partial charge in [-0.3, -0.25) is 0 Å². The molecule has 0 saturated heterocycles. The van der Waals surface area contributed by atoms with Gasteiger partial charge in [0.2, 0.25) is 6.79 Å². The van der Waals surface area contributed by atoms with E-state index in [1.165, 1.54) is 22.0 Å². The smallest absolute Gasteiger partial charge is 0 e. The van der Waals surface area contributed by atoms with Gasteiger partial charge in [0.05, 0.1) is 0 Å². The Balaban J connectivity index is 0. The fraction of sp³-hybridized carbons (Fsp3) is 0.316. The maximum atomic E-state index is 7.50. The summed E-state index contributed by atoms with van der Waals surface area (Å²) in [6.07, 6.45) is 11.2. The number of hydrogen-bond acceptors (Lipinski definition) is 3. The molecule has 0 saturated carbocycles. The summed E-state index contributed by atoms with van der Waals surface area (Å²) in [6, 6.07) is 4.13.